The molecule has 0 aliphatic carbocycles. The number of aryl methyl sites for hydroxylation is 1. The Morgan fingerprint density at radius 2 is 1.88 bits per heavy atom. The second-order valence-electron chi connectivity index (χ2n) is 3.27. The average Bonchev–Trinajstić information content (AvgIpc) is 2.63. The lowest BCUT2D eigenvalue weighted by atomic mass is 10.3. The highest BCUT2D eigenvalue weighted by Gasteiger charge is 2.20. The lowest BCUT2D eigenvalue weighted by molar-refractivity contribution is -0.703. The van der Waals surface area contributed by atoms with E-state index < -0.39 is 13.4 Å². The van der Waals surface area contributed by atoms with Gasteiger partial charge >= 0.3 is 7.25 Å². The van der Waals surface area contributed by atoms with Gasteiger partial charge in [-0.3, -0.25) is 0 Å². The first-order chi connectivity index (χ1) is 7.76. The quantitative estimate of drug-likeness (QED) is 0.468. The Morgan fingerprint density at radius 1 is 1.35 bits per heavy atom. The van der Waals surface area contributed by atoms with Crippen LogP contribution in [-0.4, -0.2) is 34.7 Å². The molecule has 0 radical (unpaired) electrons. The molecule has 17 heavy (non-hydrogen) atoms. The van der Waals surface area contributed by atoms with E-state index in [-0.39, 0.29) is 6.61 Å². The number of imidazole rings is 1. The molecule has 0 aliphatic heterocycles. The van der Waals surface area contributed by atoms with Gasteiger partial charge < -0.3 is 27.5 Å². The Hall–Kier alpha value is -1.09. The van der Waals surface area contributed by atoms with Crippen molar-refractivity contribution in [1.82, 2.24) is 4.57 Å². The van der Waals surface area contributed by atoms with Gasteiger partial charge in [-0.05, 0) is 6.92 Å². The molecule has 4 nitrogen and oxygen atoms in total. The van der Waals surface area contributed by atoms with Crippen LogP contribution in [-0.2, 0) is 13.1 Å². The number of hydrogen-bond acceptors (Lipinski definition) is 2. The minimum Gasteiger partial charge on any atom is -0.418 e. The molecule has 1 rings (SSSR count). The molecule has 0 spiro atoms. The van der Waals surface area contributed by atoms with Gasteiger partial charge in [-0.1, -0.05) is 0 Å². The van der Waals surface area contributed by atoms with E-state index in [4.69, 9.17) is 10.2 Å². The highest BCUT2D eigenvalue weighted by molar-refractivity contribution is 6.50. The SMILES string of the molecule is CCn1cc[n+](CC(O)CO)c1.F[B-](F)(F)F. The third-order valence-electron chi connectivity index (χ3n) is 1.74. The molecule has 1 aromatic heterocycles. The van der Waals surface area contributed by atoms with Gasteiger partial charge in [-0.15, -0.1) is 0 Å². The minimum absolute atomic E-state index is 0.190. The zero-order valence-electron chi connectivity index (χ0n) is 9.31. The van der Waals surface area contributed by atoms with Gasteiger partial charge in [0.25, 0.3) is 0 Å². The lowest BCUT2D eigenvalue weighted by Crippen LogP contribution is -2.39. The van der Waals surface area contributed by atoms with Crippen LogP contribution in [0.4, 0.5) is 17.3 Å². The molecular weight excluding hydrogens is 243 g/mol. The predicted molar refractivity (Wildman–Crippen MR) is 53.6 cm³/mol. The van der Waals surface area contributed by atoms with Crippen molar-refractivity contribution in [2.24, 2.45) is 0 Å². The molecule has 0 aliphatic rings. The van der Waals surface area contributed by atoms with Crippen LogP contribution in [0.25, 0.3) is 0 Å². The number of aliphatic hydroxyl groups excluding tert-OH is 2. The van der Waals surface area contributed by atoms with Crippen LogP contribution >= 0.6 is 0 Å². The van der Waals surface area contributed by atoms with E-state index in [0.717, 1.165) is 6.54 Å². The number of aliphatic hydroxyl groups is 2. The Morgan fingerprint density at radius 3 is 2.24 bits per heavy atom. The van der Waals surface area contributed by atoms with Crippen LogP contribution in [0.1, 0.15) is 6.92 Å². The van der Waals surface area contributed by atoms with Gasteiger partial charge in [0, 0.05) is 0 Å². The normalized spacial score (nSPS) is 12.9. The molecular formula is C8H15BF4N2O2. The minimum atomic E-state index is -6.00. The van der Waals surface area contributed by atoms with Crippen molar-refractivity contribution in [2.45, 2.75) is 26.1 Å². The smallest absolute Gasteiger partial charge is 0.418 e. The van der Waals surface area contributed by atoms with Crippen LogP contribution in [0.3, 0.4) is 0 Å². The maximum atomic E-state index is 9.75. The summed E-state index contributed by atoms with van der Waals surface area (Å²) in [6.07, 6.45) is 5.05. The predicted octanol–water partition coefficient (Wildman–Crippen LogP) is 0.449. The molecule has 0 saturated carbocycles. The second kappa shape index (κ2) is 7.28. The topological polar surface area (TPSA) is 49.3 Å². The molecule has 0 amide bonds. The fraction of sp³-hybridized carbons (Fsp3) is 0.625. The van der Waals surface area contributed by atoms with Crippen LogP contribution < -0.4 is 4.57 Å². The number of rotatable bonds is 4. The summed E-state index contributed by atoms with van der Waals surface area (Å²) in [7, 11) is -6.00. The standard InChI is InChI=1S/C8H15N2O2.BF4/c1-2-9-3-4-10(7-9)5-8(12)6-11;2-1(3,4)5/h3-4,7-8,11-12H,2,5-6H2,1H3;/q+1;-1. The van der Waals surface area contributed by atoms with E-state index in [2.05, 4.69) is 0 Å². The summed E-state index contributed by atoms with van der Waals surface area (Å²) in [5, 5.41) is 17.7. The first kappa shape index (κ1) is 15.9. The molecule has 0 bridgehead atoms. The van der Waals surface area contributed by atoms with Crippen molar-refractivity contribution in [3.05, 3.63) is 18.7 Å². The molecule has 100 valence electrons. The van der Waals surface area contributed by atoms with Gasteiger partial charge in [0.2, 0.25) is 6.33 Å². The first-order valence-corrected chi connectivity index (χ1v) is 4.97. The van der Waals surface area contributed by atoms with Crippen LogP contribution in [0.2, 0.25) is 0 Å². The van der Waals surface area contributed by atoms with Gasteiger partial charge in [0.1, 0.15) is 25.0 Å². The van der Waals surface area contributed by atoms with E-state index >= 15 is 0 Å². The molecule has 1 aromatic rings. The fourth-order valence-electron chi connectivity index (χ4n) is 1.03. The van der Waals surface area contributed by atoms with Crippen LogP contribution in [0.5, 0.6) is 0 Å². The molecule has 0 fully saturated rings. The van der Waals surface area contributed by atoms with E-state index in [9.17, 15) is 17.3 Å². The van der Waals surface area contributed by atoms with Crippen molar-refractivity contribution in [3.8, 4) is 0 Å². The largest absolute Gasteiger partial charge is 0.673 e. The molecule has 1 heterocycles. The highest BCUT2D eigenvalue weighted by atomic mass is 19.5. The number of hydrogen-bond donors (Lipinski definition) is 2. The second-order valence-corrected chi connectivity index (χ2v) is 3.27. The van der Waals surface area contributed by atoms with Gasteiger partial charge in [-0.25, -0.2) is 9.13 Å². The van der Waals surface area contributed by atoms with E-state index in [1.165, 1.54) is 0 Å². The van der Waals surface area contributed by atoms with E-state index in [1.54, 1.807) is 0 Å². The first-order valence-electron chi connectivity index (χ1n) is 4.97. The van der Waals surface area contributed by atoms with Gasteiger partial charge in [0.05, 0.1) is 13.2 Å². The van der Waals surface area contributed by atoms with Crippen molar-refractivity contribution in [3.63, 3.8) is 0 Å². The van der Waals surface area contributed by atoms with Crippen LogP contribution in [0.15, 0.2) is 18.7 Å². The summed E-state index contributed by atoms with van der Waals surface area (Å²) in [6, 6.07) is 0. The van der Waals surface area contributed by atoms with Crippen LogP contribution in [0, 0.1) is 0 Å². The zero-order valence-corrected chi connectivity index (χ0v) is 9.31. The Kier molecular flexibility index (Phi) is 6.82. The summed E-state index contributed by atoms with van der Waals surface area (Å²) < 4.78 is 42.9. The third kappa shape index (κ3) is 9.82. The van der Waals surface area contributed by atoms with Gasteiger partial charge in [-0.2, -0.15) is 0 Å². The summed E-state index contributed by atoms with van der Waals surface area (Å²) in [5.74, 6) is 0. The number of nitrogens with zero attached hydrogens (tertiary/aromatic N) is 2. The van der Waals surface area contributed by atoms with Gasteiger partial charge in [0.15, 0.2) is 0 Å². The number of halogens is 4. The fourth-order valence-corrected chi connectivity index (χ4v) is 1.03. The molecule has 2 N–H and O–H groups in total. The Balaban J connectivity index is 0.000000437. The summed E-state index contributed by atoms with van der Waals surface area (Å²) in [4.78, 5) is 0. The maximum absolute atomic E-state index is 9.75. The van der Waals surface area contributed by atoms with Crippen molar-refractivity contribution >= 4 is 7.25 Å². The monoisotopic (exact) mass is 258 g/mol. The number of aromatic nitrogens is 2. The lowest BCUT2D eigenvalue weighted by Gasteiger charge is -2.01. The average molecular weight is 258 g/mol. The van der Waals surface area contributed by atoms with E-state index in [0.29, 0.717) is 6.54 Å². The van der Waals surface area contributed by atoms with Crippen molar-refractivity contribution < 1.29 is 32.0 Å². The third-order valence-corrected chi connectivity index (χ3v) is 1.74. The Labute approximate surface area is 96.2 Å². The van der Waals surface area contributed by atoms with E-state index in [1.807, 2.05) is 34.8 Å². The summed E-state index contributed by atoms with van der Waals surface area (Å²) in [5.41, 5.74) is 0. The Bertz CT molecular complexity index is 313. The summed E-state index contributed by atoms with van der Waals surface area (Å²) in [6.45, 7) is 3.23. The molecule has 0 aromatic carbocycles. The molecule has 1 unspecified atom stereocenters. The van der Waals surface area contributed by atoms with Crippen molar-refractivity contribution in [2.75, 3.05) is 6.61 Å². The maximum Gasteiger partial charge on any atom is 0.673 e. The zero-order chi connectivity index (χ0) is 13.5. The van der Waals surface area contributed by atoms with Crippen molar-refractivity contribution in [1.29, 1.82) is 0 Å². The summed E-state index contributed by atoms with van der Waals surface area (Å²) >= 11 is 0. The molecule has 9 heteroatoms. The molecule has 1 atom stereocenters. The highest BCUT2D eigenvalue weighted by Crippen LogP contribution is 2.06. The molecule has 0 saturated heterocycles.